The summed E-state index contributed by atoms with van der Waals surface area (Å²) in [6.45, 7) is 4.01. The molecule has 0 aliphatic heterocycles. The molecular formula is C20H28N2O2S. The summed E-state index contributed by atoms with van der Waals surface area (Å²) < 4.78 is 0. The van der Waals surface area contributed by atoms with Crippen LogP contribution < -0.4 is 11.1 Å². The zero-order valence-corrected chi connectivity index (χ0v) is 16.0. The molecule has 4 fully saturated rings. The van der Waals surface area contributed by atoms with Gasteiger partial charge in [0.1, 0.15) is 5.00 Å². The number of thiophene rings is 1. The van der Waals surface area contributed by atoms with E-state index in [-0.39, 0.29) is 11.3 Å². The van der Waals surface area contributed by atoms with Crippen LogP contribution in [-0.4, -0.2) is 11.8 Å². The van der Waals surface area contributed by atoms with Gasteiger partial charge < -0.3 is 11.1 Å². The number of nitrogens with two attached hydrogens (primary N) is 1. The third-order valence-electron chi connectivity index (χ3n) is 6.76. The number of hydrogen-bond acceptors (Lipinski definition) is 3. The van der Waals surface area contributed by atoms with Gasteiger partial charge >= 0.3 is 0 Å². The molecule has 1 heterocycles. The average molecular weight is 361 g/mol. The van der Waals surface area contributed by atoms with Gasteiger partial charge in [-0.05, 0) is 80.6 Å². The first-order chi connectivity index (χ1) is 11.9. The second-order valence-corrected chi connectivity index (χ2v) is 9.93. The molecule has 5 heteroatoms. The van der Waals surface area contributed by atoms with Gasteiger partial charge in [0.05, 0.1) is 5.56 Å². The van der Waals surface area contributed by atoms with E-state index in [1.165, 1.54) is 49.9 Å². The van der Waals surface area contributed by atoms with Crippen molar-refractivity contribution in [2.75, 3.05) is 5.32 Å². The summed E-state index contributed by atoms with van der Waals surface area (Å²) in [5, 5.41) is 3.69. The molecule has 25 heavy (non-hydrogen) atoms. The Labute approximate surface area is 153 Å². The first-order valence-electron chi connectivity index (χ1n) is 9.61. The maximum Gasteiger partial charge on any atom is 0.251 e. The van der Waals surface area contributed by atoms with Crippen molar-refractivity contribution in [3.05, 3.63) is 16.0 Å². The lowest BCUT2D eigenvalue weighted by Crippen LogP contribution is -2.47. The molecule has 0 aromatic carbocycles. The molecule has 0 radical (unpaired) electrons. The zero-order valence-electron chi connectivity index (χ0n) is 15.2. The van der Waals surface area contributed by atoms with Gasteiger partial charge in [-0.15, -0.1) is 11.3 Å². The lowest BCUT2D eigenvalue weighted by atomic mass is 9.49. The van der Waals surface area contributed by atoms with Crippen molar-refractivity contribution in [2.45, 2.75) is 65.2 Å². The van der Waals surface area contributed by atoms with Crippen LogP contribution in [0.25, 0.3) is 0 Å². The molecule has 4 aliphatic carbocycles. The minimum Gasteiger partial charge on any atom is -0.365 e. The SMILES string of the molecule is CCc1c(C)sc(NC(=O)CC23CC4CC(CC(C4)C2)C3)c1C(N)=O. The number of anilines is 1. The Balaban J connectivity index is 1.51. The maximum absolute atomic E-state index is 12.8. The van der Waals surface area contributed by atoms with Gasteiger partial charge in [-0.1, -0.05) is 6.92 Å². The van der Waals surface area contributed by atoms with Crippen molar-refractivity contribution >= 4 is 28.2 Å². The maximum atomic E-state index is 12.8. The molecule has 1 aromatic heterocycles. The van der Waals surface area contributed by atoms with Gasteiger partial charge in [-0.2, -0.15) is 0 Å². The number of carbonyl (C=O) groups excluding carboxylic acids is 2. The van der Waals surface area contributed by atoms with Crippen LogP contribution in [0.4, 0.5) is 5.00 Å². The highest BCUT2D eigenvalue weighted by Gasteiger charge is 2.51. The smallest absolute Gasteiger partial charge is 0.251 e. The van der Waals surface area contributed by atoms with Crippen LogP contribution in [0.3, 0.4) is 0 Å². The Bertz CT molecular complexity index is 686. The van der Waals surface area contributed by atoms with Gasteiger partial charge in [0.15, 0.2) is 0 Å². The van der Waals surface area contributed by atoms with E-state index in [0.29, 0.717) is 17.0 Å². The van der Waals surface area contributed by atoms with Crippen LogP contribution in [-0.2, 0) is 11.2 Å². The summed E-state index contributed by atoms with van der Waals surface area (Å²) in [5.74, 6) is 2.15. The molecule has 0 saturated heterocycles. The number of amides is 2. The summed E-state index contributed by atoms with van der Waals surface area (Å²) in [7, 11) is 0. The molecule has 4 nitrogen and oxygen atoms in total. The van der Waals surface area contributed by atoms with Crippen molar-refractivity contribution < 1.29 is 9.59 Å². The van der Waals surface area contributed by atoms with Crippen LogP contribution in [0.1, 0.15) is 72.7 Å². The van der Waals surface area contributed by atoms with E-state index in [2.05, 4.69) is 5.32 Å². The number of rotatable bonds is 5. The predicted octanol–water partition coefficient (Wildman–Crippen LogP) is 4.26. The van der Waals surface area contributed by atoms with Gasteiger partial charge in [0.25, 0.3) is 5.91 Å². The highest BCUT2D eigenvalue weighted by atomic mass is 32.1. The van der Waals surface area contributed by atoms with Crippen LogP contribution in [0, 0.1) is 30.1 Å². The predicted molar refractivity (Wildman–Crippen MR) is 101 cm³/mol. The Morgan fingerprint density at radius 1 is 1.16 bits per heavy atom. The lowest BCUT2D eigenvalue weighted by molar-refractivity contribution is -0.124. The van der Waals surface area contributed by atoms with Gasteiger partial charge in [-0.25, -0.2) is 0 Å². The normalized spacial score (nSPS) is 32.8. The summed E-state index contributed by atoms with van der Waals surface area (Å²) in [5.41, 5.74) is 7.29. The van der Waals surface area contributed by atoms with E-state index >= 15 is 0 Å². The van der Waals surface area contributed by atoms with E-state index in [1.807, 2.05) is 13.8 Å². The first-order valence-corrected chi connectivity index (χ1v) is 10.4. The Morgan fingerprint density at radius 2 is 1.72 bits per heavy atom. The minimum absolute atomic E-state index is 0.0633. The van der Waals surface area contributed by atoms with Gasteiger partial charge in [-0.3, -0.25) is 9.59 Å². The lowest BCUT2D eigenvalue weighted by Gasteiger charge is -2.56. The summed E-state index contributed by atoms with van der Waals surface area (Å²) >= 11 is 1.48. The van der Waals surface area contributed by atoms with Crippen molar-refractivity contribution in [1.82, 2.24) is 0 Å². The monoisotopic (exact) mass is 360 g/mol. The molecule has 0 spiro atoms. The fourth-order valence-corrected chi connectivity index (χ4v) is 7.54. The number of hydrogen-bond donors (Lipinski definition) is 2. The second kappa shape index (κ2) is 6.11. The molecule has 136 valence electrons. The Kier molecular flexibility index (Phi) is 4.18. The fourth-order valence-electron chi connectivity index (χ4n) is 6.37. The average Bonchev–Trinajstić information content (AvgIpc) is 2.80. The minimum atomic E-state index is -0.439. The molecular weight excluding hydrogens is 332 g/mol. The number of primary amides is 1. The molecule has 3 N–H and O–H groups in total. The molecule has 4 aliphatic rings. The standard InChI is InChI=1S/C20H28N2O2S/c1-3-15-11(2)25-19(17(15)18(21)24)22-16(23)10-20-7-12-4-13(8-20)6-14(5-12)9-20/h12-14H,3-10H2,1-2H3,(H2,21,24)(H,22,23). The summed E-state index contributed by atoms with van der Waals surface area (Å²) in [6.07, 6.45) is 9.18. The van der Waals surface area contributed by atoms with Crippen LogP contribution in [0.15, 0.2) is 0 Å². The van der Waals surface area contributed by atoms with Crippen LogP contribution in [0.5, 0.6) is 0 Å². The summed E-state index contributed by atoms with van der Waals surface area (Å²) in [4.78, 5) is 25.8. The van der Waals surface area contributed by atoms with Crippen LogP contribution in [0.2, 0.25) is 0 Å². The van der Waals surface area contributed by atoms with Crippen LogP contribution >= 0.6 is 11.3 Å². The second-order valence-electron chi connectivity index (χ2n) is 8.70. The first kappa shape index (κ1) is 17.1. The van der Waals surface area contributed by atoms with Crippen molar-refractivity contribution in [3.8, 4) is 0 Å². The van der Waals surface area contributed by atoms with Crippen molar-refractivity contribution in [3.63, 3.8) is 0 Å². The third-order valence-corrected chi connectivity index (χ3v) is 7.83. The van der Waals surface area contributed by atoms with E-state index in [9.17, 15) is 9.59 Å². The Morgan fingerprint density at radius 3 is 2.20 bits per heavy atom. The molecule has 1 aromatic rings. The fraction of sp³-hybridized carbons (Fsp3) is 0.700. The number of aryl methyl sites for hydroxylation is 1. The van der Waals surface area contributed by atoms with Crippen molar-refractivity contribution in [1.29, 1.82) is 0 Å². The van der Waals surface area contributed by atoms with Gasteiger partial charge in [0, 0.05) is 11.3 Å². The molecule has 2 amide bonds. The molecule has 4 saturated carbocycles. The quantitative estimate of drug-likeness (QED) is 0.823. The highest BCUT2D eigenvalue weighted by molar-refractivity contribution is 7.16. The molecule has 5 rings (SSSR count). The van der Waals surface area contributed by atoms with Crippen molar-refractivity contribution in [2.24, 2.45) is 28.9 Å². The van der Waals surface area contributed by atoms with E-state index in [1.54, 1.807) is 0 Å². The summed E-state index contributed by atoms with van der Waals surface area (Å²) in [6, 6.07) is 0. The van der Waals surface area contributed by atoms with E-state index in [0.717, 1.165) is 34.6 Å². The Hall–Kier alpha value is -1.36. The number of carbonyl (C=O) groups is 2. The molecule has 0 atom stereocenters. The highest BCUT2D eigenvalue weighted by Crippen LogP contribution is 2.61. The molecule has 4 bridgehead atoms. The zero-order chi connectivity index (χ0) is 17.8. The number of nitrogens with one attached hydrogen (secondary N) is 1. The topological polar surface area (TPSA) is 72.2 Å². The van der Waals surface area contributed by atoms with E-state index in [4.69, 9.17) is 5.73 Å². The molecule has 0 unspecified atom stereocenters. The van der Waals surface area contributed by atoms with E-state index < -0.39 is 5.91 Å². The van der Waals surface area contributed by atoms with Gasteiger partial charge in [0.2, 0.25) is 5.91 Å². The third kappa shape index (κ3) is 3.01. The largest absolute Gasteiger partial charge is 0.365 e.